The summed E-state index contributed by atoms with van der Waals surface area (Å²) < 4.78 is 46.5. The van der Waals surface area contributed by atoms with Crippen LogP contribution in [0.5, 0.6) is 0 Å². The number of carboxylic acids is 1. The predicted octanol–water partition coefficient (Wildman–Crippen LogP) is 4.54. The van der Waals surface area contributed by atoms with E-state index in [9.17, 15) is 44.7 Å². The van der Waals surface area contributed by atoms with Gasteiger partial charge in [-0.1, -0.05) is 32.4 Å². The Labute approximate surface area is 464 Å². The van der Waals surface area contributed by atoms with Crippen molar-refractivity contribution in [3.05, 3.63) is 39.1 Å². The minimum absolute atomic E-state index is 0.0111. The van der Waals surface area contributed by atoms with Gasteiger partial charge in [0.2, 0.25) is 11.3 Å². The molecular formula is C56H90ClN5O16. The summed E-state index contributed by atoms with van der Waals surface area (Å²) in [4.78, 5) is 57.0. The number of hydrogen-bond acceptors (Lipinski definition) is 18. The van der Waals surface area contributed by atoms with Gasteiger partial charge in [-0.2, -0.15) is 0 Å². The van der Waals surface area contributed by atoms with Crippen LogP contribution in [-0.4, -0.2) is 203 Å². The zero-order chi connectivity index (χ0) is 57.9. The number of esters is 1. The maximum Gasteiger partial charge on any atom is 0.341 e. The van der Waals surface area contributed by atoms with Crippen LogP contribution < -0.4 is 16.1 Å². The van der Waals surface area contributed by atoms with Gasteiger partial charge in [-0.15, -0.1) is 0 Å². The number of benzene rings is 1. The molecule has 3 saturated heterocycles. The number of likely N-dealkylation sites (N-methyl/N-ethyl adjacent to an activating group) is 2. The van der Waals surface area contributed by atoms with Gasteiger partial charge in [0.05, 0.1) is 77.0 Å². The lowest BCUT2D eigenvalue weighted by Gasteiger charge is -2.49. The molecule has 0 radical (unpaired) electrons. The number of anilines is 1. The molecule has 78 heavy (non-hydrogen) atoms. The summed E-state index contributed by atoms with van der Waals surface area (Å²) in [6.07, 6.45) is -4.96. The van der Waals surface area contributed by atoms with Crippen LogP contribution in [0, 0.1) is 17.8 Å². The first-order chi connectivity index (χ1) is 36.5. The van der Waals surface area contributed by atoms with Crippen LogP contribution >= 0.6 is 11.6 Å². The van der Waals surface area contributed by atoms with Crippen molar-refractivity contribution in [1.29, 1.82) is 0 Å². The number of carboxylic acid groups (broad SMARTS) is 1. The lowest BCUT2D eigenvalue weighted by molar-refractivity contribution is -0.311. The molecule has 1 saturated carbocycles. The standard InChI is InChI=1S/C56H90ClN5O16/c1-15-42-56(10,71)49(66)33(6)61(13)27-29(2)25-54(8,70)50(78-53-46(65)41(60(11)12)22-30(3)74-53)31(4)47(32(5)52(69)76-42)77-44-26-55(9,72-14)48(34(7)75-44)59-43(63)18-20-73-21-19-58-39-23-36-40(24-38(39)57)62(35-16-17-35)28-37(45(36)64)51(67)68/h23-24,28-35,41-42,44,46-50,53,58,65-66,70-71H,15-22,25-27H2,1-14H3,(H,59,63)(H,67,68)/t29-,30-,31+,32-,33-,34+,41+,42-,44+,46-,47+,48+,49-,50-,53+,54-,55-,56-/m1/s1. The maximum absolute atomic E-state index is 14.6. The molecule has 442 valence electrons. The zero-order valence-corrected chi connectivity index (χ0v) is 49.0. The third kappa shape index (κ3) is 14.5. The Balaban J connectivity index is 1.18. The molecule has 0 bridgehead atoms. The number of aliphatic hydroxyl groups is 4. The second-order valence-electron chi connectivity index (χ2n) is 23.7. The van der Waals surface area contributed by atoms with E-state index in [1.165, 1.54) is 20.2 Å². The van der Waals surface area contributed by atoms with Gasteiger partial charge in [0.25, 0.3) is 0 Å². The molecular weight excluding hydrogens is 1030 g/mol. The van der Waals surface area contributed by atoms with Crippen LogP contribution in [0.2, 0.25) is 5.02 Å². The number of halogens is 1. The molecule has 21 nitrogen and oxygen atoms in total. The zero-order valence-electron chi connectivity index (χ0n) is 48.2. The Bertz CT molecular complexity index is 2440. The normalized spacial score (nSPS) is 37.8. The Kier molecular flexibility index (Phi) is 21.3. The third-order valence-corrected chi connectivity index (χ3v) is 17.2. The van der Waals surface area contributed by atoms with Gasteiger partial charge >= 0.3 is 11.9 Å². The molecule has 1 aromatic heterocycles. The number of pyridine rings is 1. The fourth-order valence-electron chi connectivity index (χ4n) is 12.1. The fourth-order valence-corrected chi connectivity index (χ4v) is 12.3. The number of aromatic carboxylic acids is 1. The number of aromatic nitrogens is 1. The Morgan fingerprint density at radius 2 is 1.65 bits per heavy atom. The monoisotopic (exact) mass is 1120 g/mol. The predicted molar refractivity (Wildman–Crippen MR) is 292 cm³/mol. The van der Waals surface area contributed by atoms with Gasteiger partial charge < -0.3 is 83.7 Å². The summed E-state index contributed by atoms with van der Waals surface area (Å²) >= 11 is 6.63. The van der Waals surface area contributed by atoms with Crippen molar-refractivity contribution in [2.75, 3.05) is 59.9 Å². The lowest BCUT2D eigenvalue weighted by Crippen LogP contribution is -2.64. The molecule has 22 heteroatoms. The molecule has 4 fully saturated rings. The van der Waals surface area contributed by atoms with E-state index < -0.39 is 107 Å². The number of aliphatic hydroxyl groups excluding tert-OH is 2. The molecule has 18 atom stereocenters. The summed E-state index contributed by atoms with van der Waals surface area (Å²) in [5.41, 5.74) is -4.48. The van der Waals surface area contributed by atoms with Crippen LogP contribution in [0.3, 0.4) is 0 Å². The van der Waals surface area contributed by atoms with Crippen LogP contribution in [-0.2, 0) is 42.7 Å². The van der Waals surface area contributed by atoms with Crippen LogP contribution in [0.25, 0.3) is 10.9 Å². The van der Waals surface area contributed by atoms with Crippen molar-refractivity contribution in [3.8, 4) is 0 Å². The summed E-state index contributed by atoms with van der Waals surface area (Å²) in [7, 11) is 7.09. The molecule has 0 spiro atoms. The number of fused-ring (bicyclic) bond motifs is 1. The van der Waals surface area contributed by atoms with Crippen molar-refractivity contribution in [3.63, 3.8) is 0 Å². The van der Waals surface area contributed by atoms with Crippen LogP contribution in [0.4, 0.5) is 5.69 Å². The number of amides is 1. The number of rotatable bonds is 17. The SMILES string of the molecule is CC[C@H]1OC(=O)[C@H](C)[C@@H](O[C@H]2C[C@@](C)(OC)[C@@H](NC(=O)CCOCCNc3cc4c(=O)c(C(=O)O)cn(C5CC5)c4cc3Cl)[C@H](C)O2)[C@H](C)[C@@H](O[C@@H]2O[C@H](C)C[C@H](N(C)C)[C@H]2O)[C@](C)(O)C[C@@H](C)CN(C)[C@H](C)[C@@H](O)[C@]1(C)O. The van der Waals surface area contributed by atoms with Gasteiger partial charge in [-0.25, -0.2) is 4.79 Å². The van der Waals surface area contributed by atoms with E-state index in [1.54, 1.807) is 58.2 Å². The van der Waals surface area contributed by atoms with Crippen LogP contribution in [0.15, 0.2) is 23.1 Å². The van der Waals surface area contributed by atoms with Crippen molar-refractivity contribution in [2.45, 2.75) is 210 Å². The summed E-state index contributed by atoms with van der Waals surface area (Å²) in [6.45, 7) is 18.5. The fraction of sp³-hybridized carbons (Fsp3) is 0.786. The third-order valence-electron chi connectivity index (χ3n) is 16.9. The van der Waals surface area contributed by atoms with Gasteiger partial charge in [-0.05, 0) is 120 Å². The number of methoxy groups -OCH3 is 1. The highest BCUT2D eigenvalue weighted by Crippen LogP contribution is 2.42. The van der Waals surface area contributed by atoms with E-state index in [-0.39, 0.29) is 86.4 Å². The molecule has 4 heterocycles. The maximum atomic E-state index is 14.6. The number of carbonyl (C=O) groups excluding carboxylic acids is 2. The first-order valence-corrected chi connectivity index (χ1v) is 28.1. The van der Waals surface area contributed by atoms with Crippen molar-refractivity contribution < 1.29 is 73.1 Å². The van der Waals surface area contributed by atoms with E-state index in [0.717, 1.165) is 12.8 Å². The average molecular weight is 1120 g/mol. The van der Waals surface area contributed by atoms with E-state index in [2.05, 4.69) is 10.6 Å². The summed E-state index contributed by atoms with van der Waals surface area (Å²) in [5, 5.41) is 64.7. The highest BCUT2D eigenvalue weighted by atomic mass is 35.5. The molecule has 0 unspecified atom stereocenters. The number of nitrogens with one attached hydrogen (secondary N) is 2. The molecule has 2 aromatic rings. The molecule has 6 rings (SSSR count). The van der Waals surface area contributed by atoms with E-state index >= 15 is 0 Å². The molecule has 1 aliphatic carbocycles. The number of carbonyl (C=O) groups is 3. The largest absolute Gasteiger partial charge is 0.477 e. The number of cyclic esters (lactones) is 1. The van der Waals surface area contributed by atoms with E-state index in [0.29, 0.717) is 29.2 Å². The molecule has 3 aliphatic heterocycles. The van der Waals surface area contributed by atoms with Gasteiger partial charge in [0.1, 0.15) is 29.5 Å². The molecule has 4 aliphatic rings. The van der Waals surface area contributed by atoms with E-state index in [1.807, 2.05) is 51.7 Å². The highest BCUT2D eigenvalue weighted by Gasteiger charge is 2.53. The minimum atomic E-state index is -1.87. The summed E-state index contributed by atoms with van der Waals surface area (Å²) in [5.74, 6) is -4.51. The van der Waals surface area contributed by atoms with Crippen molar-refractivity contribution in [1.82, 2.24) is 19.7 Å². The van der Waals surface area contributed by atoms with Crippen molar-refractivity contribution in [2.24, 2.45) is 17.8 Å². The number of hydrogen-bond donors (Lipinski definition) is 7. The van der Waals surface area contributed by atoms with Gasteiger partial charge in [-0.3, -0.25) is 14.4 Å². The summed E-state index contributed by atoms with van der Waals surface area (Å²) in [6, 6.07) is 1.73. The lowest BCUT2D eigenvalue weighted by atomic mass is 9.77. The molecule has 1 aromatic carbocycles. The molecule has 1 amide bonds. The second-order valence-corrected chi connectivity index (χ2v) is 24.1. The Hall–Kier alpha value is -3.55. The van der Waals surface area contributed by atoms with Gasteiger partial charge in [0, 0.05) is 68.7 Å². The minimum Gasteiger partial charge on any atom is -0.477 e. The Morgan fingerprint density at radius 3 is 2.27 bits per heavy atom. The topological polar surface area (TPSA) is 270 Å². The second kappa shape index (κ2) is 26.1. The average Bonchev–Trinajstić information content (AvgIpc) is 4.28. The Morgan fingerprint density at radius 1 is 0.974 bits per heavy atom. The smallest absolute Gasteiger partial charge is 0.341 e. The first-order valence-electron chi connectivity index (χ1n) is 27.7. The van der Waals surface area contributed by atoms with Crippen molar-refractivity contribution >= 4 is 46.0 Å². The van der Waals surface area contributed by atoms with E-state index in [4.69, 9.17) is 44.8 Å². The highest BCUT2D eigenvalue weighted by molar-refractivity contribution is 6.34. The van der Waals surface area contributed by atoms with Gasteiger partial charge in [0.15, 0.2) is 12.6 Å². The van der Waals surface area contributed by atoms with Crippen LogP contribution in [0.1, 0.15) is 131 Å². The first kappa shape index (κ1) is 63.6. The number of ether oxygens (including phenoxy) is 7. The number of nitrogens with zero attached hydrogens (tertiary/aromatic N) is 3. The quantitative estimate of drug-likeness (QED) is 0.0846. The molecule has 7 N–H and O–H groups in total.